The molecule has 1 aromatic heterocycles. The maximum absolute atomic E-state index is 12.8. The van der Waals surface area contributed by atoms with Crippen LogP contribution in [-0.4, -0.2) is 70.1 Å². The molecule has 172 valence electrons. The average molecular weight is 536 g/mol. The Morgan fingerprint density at radius 2 is 2.03 bits per heavy atom. The molecule has 1 aromatic rings. The predicted octanol–water partition coefficient (Wildman–Crippen LogP) is 2.82. The number of imidazole rings is 1. The van der Waals surface area contributed by atoms with Crippen molar-refractivity contribution < 1.29 is 14.3 Å². The van der Waals surface area contributed by atoms with Gasteiger partial charge in [-0.1, -0.05) is 0 Å². The van der Waals surface area contributed by atoms with Gasteiger partial charge < -0.3 is 24.7 Å². The molecule has 0 aromatic carbocycles. The summed E-state index contributed by atoms with van der Waals surface area (Å²) in [6.07, 6.45) is 5.96. The number of carbonyl (C=O) groups is 1. The number of aliphatic imine (C=N–C) groups is 1. The van der Waals surface area contributed by atoms with E-state index in [1.54, 1.807) is 18.1 Å². The zero-order chi connectivity index (χ0) is 21.7. The lowest BCUT2D eigenvalue weighted by Gasteiger charge is -2.35. The van der Waals surface area contributed by atoms with E-state index in [0.717, 1.165) is 19.5 Å². The van der Waals surface area contributed by atoms with Crippen LogP contribution in [0.25, 0.3) is 0 Å². The predicted molar refractivity (Wildman–Crippen MR) is 128 cm³/mol. The van der Waals surface area contributed by atoms with E-state index in [2.05, 4.69) is 20.6 Å². The Bertz CT molecular complexity index is 687. The Morgan fingerprint density at radius 3 is 2.60 bits per heavy atom. The lowest BCUT2D eigenvalue weighted by atomic mass is 10.1. The normalized spacial score (nSPS) is 21.2. The molecule has 0 bridgehead atoms. The van der Waals surface area contributed by atoms with Gasteiger partial charge in [0.15, 0.2) is 5.96 Å². The first kappa shape index (κ1) is 26.5. The van der Waals surface area contributed by atoms with Crippen molar-refractivity contribution in [3.63, 3.8) is 0 Å². The summed E-state index contributed by atoms with van der Waals surface area (Å²) in [4.78, 5) is 22.8. The third-order valence-electron chi connectivity index (χ3n) is 4.67. The van der Waals surface area contributed by atoms with Crippen LogP contribution < -0.4 is 10.6 Å². The summed E-state index contributed by atoms with van der Waals surface area (Å²) in [6.45, 7) is 13.5. The van der Waals surface area contributed by atoms with Crippen LogP contribution in [0.4, 0.5) is 4.79 Å². The SMILES string of the molecule is CN=C(NCCCn1ccnc1)NCC1C(C)OC(C)(C)N1C(=O)OC(C)(C)C.I. The number of ether oxygens (including phenoxy) is 2. The topological polar surface area (TPSA) is 93.0 Å². The lowest BCUT2D eigenvalue weighted by Crippen LogP contribution is -2.54. The number of hydrogen-bond acceptors (Lipinski definition) is 5. The van der Waals surface area contributed by atoms with Crippen molar-refractivity contribution in [2.24, 2.45) is 4.99 Å². The molecule has 1 fully saturated rings. The van der Waals surface area contributed by atoms with Crippen LogP contribution >= 0.6 is 24.0 Å². The fraction of sp³-hybridized carbons (Fsp3) is 0.750. The first-order chi connectivity index (χ1) is 13.5. The fourth-order valence-electron chi connectivity index (χ4n) is 3.43. The Labute approximate surface area is 197 Å². The number of nitrogens with one attached hydrogen (secondary N) is 2. The van der Waals surface area contributed by atoms with Crippen LogP contribution in [0, 0.1) is 0 Å². The third-order valence-corrected chi connectivity index (χ3v) is 4.67. The molecule has 9 nitrogen and oxygen atoms in total. The molecule has 0 saturated carbocycles. The van der Waals surface area contributed by atoms with Crippen LogP contribution in [-0.2, 0) is 16.0 Å². The Morgan fingerprint density at radius 1 is 1.33 bits per heavy atom. The van der Waals surface area contributed by atoms with Crippen molar-refractivity contribution in [3.8, 4) is 0 Å². The summed E-state index contributed by atoms with van der Waals surface area (Å²) >= 11 is 0. The summed E-state index contributed by atoms with van der Waals surface area (Å²) in [7, 11) is 1.73. The van der Waals surface area contributed by atoms with E-state index in [9.17, 15) is 4.79 Å². The summed E-state index contributed by atoms with van der Waals surface area (Å²) < 4.78 is 13.7. The van der Waals surface area contributed by atoms with Crippen molar-refractivity contribution in [3.05, 3.63) is 18.7 Å². The molecule has 2 rings (SSSR count). The number of rotatable bonds is 6. The highest BCUT2D eigenvalue weighted by atomic mass is 127. The van der Waals surface area contributed by atoms with Gasteiger partial charge in [0.1, 0.15) is 11.3 Å². The highest BCUT2D eigenvalue weighted by Gasteiger charge is 2.49. The Kier molecular flexibility index (Phi) is 9.86. The number of aromatic nitrogens is 2. The molecule has 2 N–H and O–H groups in total. The van der Waals surface area contributed by atoms with Crippen molar-refractivity contribution in [1.82, 2.24) is 25.1 Å². The molecule has 1 aliphatic rings. The molecule has 2 atom stereocenters. The van der Waals surface area contributed by atoms with Gasteiger partial charge in [-0.05, 0) is 48.0 Å². The van der Waals surface area contributed by atoms with Crippen LogP contribution in [0.15, 0.2) is 23.7 Å². The lowest BCUT2D eigenvalue weighted by molar-refractivity contribution is -0.0755. The van der Waals surface area contributed by atoms with Crippen LogP contribution in [0.1, 0.15) is 48.0 Å². The number of halogens is 1. The zero-order valence-electron chi connectivity index (χ0n) is 19.1. The van der Waals surface area contributed by atoms with Crippen LogP contribution in [0.2, 0.25) is 0 Å². The molecular weight excluding hydrogens is 499 g/mol. The van der Waals surface area contributed by atoms with Crippen LogP contribution in [0.3, 0.4) is 0 Å². The van der Waals surface area contributed by atoms with Gasteiger partial charge in [-0.2, -0.15) is 0 Å². The van der Waals surface area contributed by atoms with E-state index in [-0.39, 0.29) is 42.2 Å². The molecule has 1 aliphatic heterocycles. The summed E-state index contributed by atoms with van der Waals surface area (Å²) in [5.74, 6) is 0.691. The number of carbonyl (C=O) groups excluding carboxylic acids is 1. The van der Waals surface area contributed by atoms with E-state index in [1.165, 1.54) is 0 Å². The molecule has 10 heteroatoms. The van der Waals surface area contributed by atoms with Gasteiger partial charge in [0.05, 0.1) is 18.5 Å². The van der Waals surface area contributed by atoms with Crippen molar-refractivity contribution in [2.75, 3.05) is 20.1 Å². The smallest absolute Gasteiger partial charge is 0.412 e. The molecule has 2 heterocycles. The standard InChI is InChI=1S/C20H36N6O3.HI/c1-15-16(26(20(5,6)28-15)18(27)29-19(2,3)4)13-24-17(21-7)23-9-8-11-25-12-10-22-14-25;/h10,12,14-16H,8-9,11,13H2,1-7H3,(H2,21,23,24);1H. The Balaban J connectivity index is 0.00000450. The first-order valence-electron chi connectivity index (χ1n) is 10.1. The second kappa shape index (κ2) is 11.2. The second-order valence-corrected chi connectivity index (χ2v) is 8.72. The first-order valence-corrected chi connectivity index (χ1v) is 10.1. The van der Waals surface area contributed by atoms with E-state index in [4.69, 9.17) is 9.47 Å². The third kappa shape index (κ3) is 7.60. The monoisotopic (exact) mass is 536 g/mol. The van der Waals surface area contributed by atoms with Gasteiger partial charge >= 0.3 is 6.09 Å². The minimum absolute atomic E-state index is 0. The molecule has 0 spiro atoms. The van der Waals surface area contributed by atoms with E-state index in [0.29, 0.717) is 12.5 Å². The highest BCUT2D eigenvalue weighted by Crippen LogP contribution is 2.33. The van der Waals surface area contributed by atoms with Crippen molar-refractivity contribution in [2.45, 2.75) is 78.0 Å². The largest absolute Gasteiger partial charge is 0.444 e. The van der Waals surface area contributed by atoms with Crippen molar-refractivity contribution in [1.29, 1.82) is 0 Å². The van der Waals surface area contributed by atoms with Gasteiger partial charge in [-0.15, -0.1) is 24.0 Å². The minimum Gasteiger partial charge on any atom is -0.444 e. The van der Waals surface area contributed by atoms with Gasteiger partial charge in [0.2, 0.25) is 0 Å². The average Bonchev–Trinajstić information content (AvgIpc) is 3.18. The number of guanidine groups is 1. The zero-order valence-corrected chi connectivity index (χ0v) is 21.5. The van der Waals surface area contributed by atoms with Gasteiger partial charge in [0, 0.05) is 39.1 Å². The summed E-state index contributed by atoms with van der Waals surface area (Å²) in [6, 6.07) is -0.177. The van der Waals surface area contributed by atoms with Crippen molar-refractivity contribution >= 4 is 36.0 Å². The van der Waals surface area contributed by atoms with E-state index < -0.39 is 11.3 Å². The summed E-state index contributed by atoms with van der Waals surface area (Å²) in [5.41, 5.74) is -1.31. The molecule has 0 radical (unpaired) electrons. The minimum atomic E-state index is -0.740. The van der Waals surface area contributed by atoms with E-state index >= 15 is 0 Å². The maximum atomic E-state index is 12.8. The number of aryl methyl sites for hydroxylation is 1. The highest BCUT2D eigenvalue weighted by molar-refractivity contribution is 14.0. The van der Waals surface area contributed by atoms with E-state index in [1.807, 2.05) is 58.6 Å². The second-order valence-electron chi connectivity index (χ2n) is 8.72. The van der Waals surface area contributed by atoms with Gasteiger partial charge in [-0.25, -0.2) is 9.78 Å². The molecule has 1 amide bonds. The molecule has 0 aliphatic carbocycles. The number of nitrogens with zero attached hydrogens (tertiary/aromatic N) is 4. The maximum Gasteiger partial charge on any atom is 0.412 e. The fourth-order valence-corrected chi connectivity index (χ4v) is 3.43. The molecule has 30 heavy (non-hydrogen) atoms. The summed E-state index contributed by atoms with van der Waals surface area (Å²) in [5, 5.41) is 6.61. The number of amides is 1. The molecular formula is C20H37IN6O3. The quantitative estimate of drug-likeness (QED) is 0.252. The molecule has 2 unspecified atom stereocenters. The Hall–Kier alpha value is -1.56. The van der Waals surface area contributed by atoms with Gasteiger partial charge in [0.25, 0.3) is 0 Å². The molecule has 1 saturated heterocycles. The van der Waals surface area contributed by atoms with Gasteiger partial charge in [-0.3, -0.25) is 9.89 Å². The number of hydrogen-bond donors (Lipinski definition) is 2. The van der Waals surface area contributed by atoms with Crippen LogP contribution in [0.5, 0.6) is 0 Å².